The van der Waals surface area contributed by atoms with Crippen LogP contribution in [0.1, 0.15) is 49.4 Å². The average Bonchev–Trinajstić information content (AvgIpc) is 2.82. The Labute approximate surface area is 134 Å². The van der Waals surface area contributed by atoms with Gasteiger partial charge in [-0.25, -0.2) is 0 Å². The average molecular weight is 302 g/mol. The van der Waals surface area contributed by atoms with E-state index in [0.29, 0.717) is 0 Å². The summed E-state index contributed by atoms with van der Waals surface area (Å²) in [5.74, 6) is 0.722. The van der Waals surface area contributed by atoms with E-state index in [4.69, 9.17) is 5.73 Å². The molecular weight excluding hydrogens is 278 g/mol. The van der Waals surface area contributed by atoms with Crippen molar-refractivity contribution in [1.82, 2.24) is 0 Å². The lowest BCUT2D eigenvalue weighted by Gasteiger charge is -2.15. The molecule has 0 bridgehead atoms. The third-order valence-electron chi connectivity index (χ3n) is 4.30. The topological polar surface area (TPSA) is 26.0 Å². The normalized spacial score (nSPS) is 13.5. The van der Waals surface area contributed by atoms with E-state index >= 15 is 0 Å². The lowest BCUT2D eigenvalue weighted by atomic mass is 9.95. The fraction of sp³-hybridized carbons (Fsp3) is 0.368. The van der Waals surface area contributed by atoms with E-state index in [1.165, 1.54) is 34.2 Å². The molecule has 1 nitrogen and oxygen atoms in total. The van der Waals surface area contributed by atoms with Crippen LogP contribution in [-0.4, -0.2) is 0 Å². The summed E-state index contributed by atoms with van der Waals surface area (Å²) >= 11 is 0. The quantitative estimate of drug-likeness (QED) is 0.711. The lowest BCUT2D eigenvalue weighted by molar-refractivity contribution is 0.507. The molecular formula is C19H24ClN. The molecule has 0 radical (unpaired) electrons. The van der Waals surface area contributed by atoms with Gasteiger partial charge in [0, 0.05) is 6.04 Å². The molecule has 21 heavy (non-hydrogen) atoms. The molecule has 2 aromatic carbocycles. The van der Waals surface area contributed by atoms with Crippen molar-refractivity contribution in [2.24, 2.45) is 11.7 Å². The Balaban J connectivity index is 0.00000161. The van der Waals surface area contributed by atoms with Crippen molar-refractivity contribution in [2.45, 2.75) is 39.2 Å². The van der Waals surface area contributed by atoms with Crippen LogP contribution in [0.15, 0.2) is 42.5 Å². The van der Waals surface area contributed by atoms with Crippen LogP contribution in [0.5, 0.6) is 0 Å². The highest BCUT2D eigenvalue weighted by molar-refractivity contribution is 5.85. The predicted octanol–water partition coefficient (Wildman–Crippen LogP) is 5.12. The Morgan fingerprint density at radius 2 is 1.67 bits per heavy atom. The summed E-state index contributed by atoms with van der Waals surface area (Å²) < 4.78 is 0. The molecule has 2 aromatic rings. The molecule has 2 N–H and O–H groups in total. The number of hydrogen-bond donors (Lipinski definition) is 1. The van der Waals surface area contributed by atoms with Crippen LogP contribution < -0.4 is 5.73 Å². The molecule has 1 aliphatic carbocycles. The van der Waals surface area contributed by atoms with Crippen LogP contribution in [0.25, 0.3) is 11.1 Å². The minimum absolute atomic E-state index is 0. The van der Waals surface area contributed by atoms with Crippen molar-refractivity contribution < 1.29 is 0 Å². The van der Waals surface area contributed by atoms with Gasteiger partial charge in [-0.15, -0.1) is 12.4 Å². The van der Waals surface area contributed by atoms with Crippen LogP contribution >= 0.6 is 12.4 Å². The van der Waals surface area contributed by atoms with E-state index in [0.717, 1.165) is 18.8 Å². The third kappa shape index (κ3) is 3.30. The Morgan fingerprint density at radius 3 is 2.43 bits per heavy atom. The standard InChI is InChI=1S/C19H23N.ClH/c1-13(2)7-10-19(20)15-8-9-18-16(12-15)11-14-5-3-4-6-17(14)18;/h3-6,8-9,12-13,19H,7,10-11,20H2,1-2H3;1H/t19-;/m1./s1. The fourth-order valence-electron chi connectivity index (χ4n) is 3.08. The maximum Gasteiger partial charge on any atom is 0.0295 e. The Bertz CT molecular complexity index is 619. The third-order valence-corrected chi connectivity index (χ3v) is 4.30. The summed E-state index contributed by atoms with van der Waals surface area (Å²) in [7, 11) is 0. The minimum atomic E-state index is 0. The first-order chi connectivity index (χ1) is 9.65. The zero-order chi connectivity index (χ0) is 14.1. The van der Waals surface area contributed by atoms with Crippen molar-refractivity contribution in [2.75, 3.05) is 0 Å². The van der Waals surface area contributed by atoms with Gasteiger partial charge in [-0.2, -0.15) is 0 Å². The van der Waals surface area contributed by atoms with Gasteiger partial charge >= 0.3 is 0 Å². The van der Waals surface area contributed by atoms with Crippen LogP contribution in [-0.2, 0) is 6.42 Å². The number of fused-ring (bicyclic) bond motifs is 3. The molecule has 0 unspecified atom stereocenters. The SMILES string of the molecule is CC(C)CC[C@@H](N)c1ccc2c(c1)Cc1ccccc1-2.Cl. The summed E-state index contributed by atoms with van der Waals surface area (Å²) in [6.45, 7) is 4.51. The van der Waals surface area contributed by atoms with Gasteiger partial charge < -0.3 is 5.73 Å². The smallest absolute Gasteiger partial charge is 0.0295 e. The molecule has 112 valence electrons. The summed E-state index contributed by atoms with van der Waals surface area (Å²) in [5.41, 5.74) is 13.3. The number of nitrogens with two attached hydrogens (primary N) is 1. The Kier molecular flexibility index (Phi) is 5.08. The van der Waals surface area contributed by atoms with Crippen molar-refractivity contribution in [3.05, 3.63) is 59.2 Å². The summed E-state index contributed by atoms with van der Waals surface area (Å²) in [6, 6.07) is 15.7. The van der Waals surface area contributed by atoms with Gasteiger partial charge in [0.05, 0.1) is 0 Å². The highest BCUT2D eigenvalue weighted by Crippen LogP contribution is 2.37. The first-order valence-electron chi connectivity index (χ1n) is 7.62. The van der Waals surface area contributed by atoms with Crippen molar-refractivity contribution in [1.29, 1.82) is 0 Å². The molecule has 0 spiro atoms. The minimum Gasteiger partial charge on any atom is -0.324 e. The Morgan fingerprint density at radius 1 is 0.952 bits per heavy atom. The second-order valence-electron chi connectivity index (χ2n) is 6.33. The molecule has 0 saturated heterocycles. The maximum absolute atomic E-state index is 6.34. The zero-order valence-corrected chi connectivity index (χ0v) is 13.6. The predicted molar refractivity (Wildman–Crippen MR) is 92.9 cm³/mol. The molecule has 1 atom stereocenters. The highest BCUT2D eigenvalue weighted by atomic mass is 35.5. The fourth-order valence-corrected chi connectivity index (χ4v) is 3.08. The van der Waals surface area contributed by atoms with E-state index in [1.54, 1.807) is 0 Å². The summed E-state index contributed by atoms with van der Waals surface area (Å²) in [5, 5.41) is 0. The van der Waals surface area contributed by atoms with Gasteiger partial charge in [-0.1, -0.05) is 56.3 Å². The molecule has 3 rings (SSSR count). The molecule has 0 aliphatic heterocycles. The van der Waals surface area contributed by atoms with Gasteiger partial charge in [0.15, 0.2) is 0 Å². The lowest BCUT2D eigenvalue weighted by Crippen LogP contribution is -2.11. The van der Waals surface area contributed by atoms with E-state index < -0.39 is 0 Å². The Hall–Kier alpha value is -1.31. The highest BCUT2D eigenvalue weighted by Gasteiger charge is 2.19. The van der Waals surface area contributed by atoms with Gasteiger partial charge in [-0.05, 0) is 53.0 Å². The van der Waals surface area contributed by atoms with Crippen LogP contribution in [0.4, 0.5) is 0 Å². The second kappa shape index (κ2) is 6.64. The summed E-state index contributed by atoms with van der Waals surface area (Å²) in [4.78, 5) is 0. The first kappa shape index (κ1) is 16.1. The van der Waals surface area contributed by atoms with E-state index in [-0.39, 0.29) is 18.4 Å². The molecule has 0 saturated carbocycles. The van der Waals surface area contributed by atoms with E-state index in [2.05, 4.69) is 56.3 Å². The largest absolute Gasteiger partial charge is 0.324 e. The molecule has 0 aromatic heterocycles. The summed E-state index contributed by atoms with van der Waals surface area (Å²) in [6.07, 6.45) is 3.32. The van der Waals surface area contributed by atoms with Gasteiger partial charge in [0.25, 0.3) is 0 Å². The van der Waals surface area contributed by atoms with Crippen LogP contribution in [0.2, 0.25) is 0 Å². The van der Waals surface area contributed by atoms with Gasteiger partial charge in [0.2, 0.25) is 0 Å². The first-order valence-corrected chi connectivity index (χ1v) is 7.62. The molecule has 0 fully saturated rings. The van der Waals surface area contributed by atoms with Crippen LogP contribution in [0, 0.1) is 5.92 Å². The van der Waals surface area contributed by atoms with E-state index in [1.807, 2.05) is 0 Å². The van der Waals surface area contributed by atoms with Crippen molar-refractivity contribution in [3.8, 4) is 11.1 Å². The number of hydrogen-bond acceptors (Lipinski definition) is 1. The second-order valence-corrected chi connectivity index (χ2v) is 6.33. The molecule has 2 heteroatoms. The molecule has 1 aliphatic rings. The molecule has 0 heterocycles. The number of rotatable bonds is 4. The van der Waals surface area contributed by atoms with Crippen LogP contribution in [0.3, 0.4) is 0 Å². The van der Waals surface area contributed by atoms with Crippen molar-refractivity contribution >= 4 is 12.4 Å². The number of halogens is 1. The van der Waals surface area contributed by atoms with Gasteiger partial charge in [0.1, 0.15) is 0 Å². The zero-order valence-electron chi connectivity index (χ0n) is 12.8. The monoisotopic (exact) mass is 301 g/mol. The van der Waals surface area contributed by atoms with Crippen molar-refractivity contribution in [3.63, 3.8) is 0 Å². The molecule has 0 amide bonds. The maximum atomic E-state index is 6.34. The number of benzene rings is 2. The van der Waals surface area contributed by atoms with Gasteiger partial charge in [-0.3, -0.25) is 0 Å². The van der Waals surface area contributed by atoms with E-state index in [9.17, 15) is 0 Å².